The van der Waals surface area contributed by atoms with Gasteiger partial charge in [0, 0.05) is 24.0 Å². The lowest BCUT2D eigenvalue weighted by Crippen LogP contribution is -2.21. The molecule has 130 valence electrons. The van der Waals surface area contributed by atoms with Gasteiger partial charge in [0.1, 0.15) is 0 Å². The van der Waals surface area contributed by atoms with Crippen LogP contribution in [0.1, 0.15) is 18.9 Å². The van der Waals surface area contributed by atoms with Crippen LogP contribution in [0, 0.1) is 6.92 Å². The van der Waals surface area contributed by atoms with Gasteiger partial charge in [-0.3, -0.25) is 10.1 Å². The molecule has 0 bridgehead atoms. The Hall–Kier alpha value is -2.66. The highest BCUT2D eigenvalue weighted by Crippen LogP contribution is 2.36. The molecule has 2 heterocycles. The van der Waals surface area contributed by atoms with Gasteiger partial charge in [-0.1, -0.05) is 29.8 Å². The summed E-state index contributed by atoms with van der Waals surface area (Å²) in [5, 5.41) is 14.5. The maximum Gasteiger partial charge on any atom is 0.156 e. The number of pyridine rings is 1. The number of nitrogens with zero attached hydrogens (tertiary/aromatic N) is 2. The molecule has 0 aliphatic rings. The second kappa shape index (κ2) is 7.94. The lowest BCUT2D eigenvalue weighted by molar-refractivity contribution is 0.654. The molecule has 1 atom stereocenters. The zero-order valence-corrected chi connectivity index (χ0v) is 15.0. The van der Waals surface area contributed by atoms with Crippen LogP contribution in [-0.2, 0) is 0 Å². The van der Waals surface area contributed by atoms with Crippen molar-refractivity contribution in [3.8, 4) is 22.4 Å². The van der Waals surface area contributed by atoms with Crippen molar-refractivity contribution in [2.24, 2.45) is 0 Å². The summed E-state index contributed by atoms with van der Waals surface area (Å²) in [6.45, 7) is 5.23. The predicted molar refractivity (Wildman–Crippen MR) is 104 cm³/mol. The van der Waals surface area contributed by atoms with Crippen molar-refractivity contribution >= 4 is 5.82 Å². The number of anilines is 1. The summed E-state index contributed by atoms with van der Waals surface area (Å²) in [7, 11) is 1.97. The van der Waals surface area contributed by atoms with Gasteiger partial charge in [-0.15, -0.1) is 0 Å². The number of H-pyrrole nitrogens is 1. The number of aromatic nitrogens is 3. The van der Waals surface area contributed by atoms with E-state index in [1.54, 1.807) is 0 Å². The van der Waals surface area contributed by atoms with Crippen LogP contribution in [0.15, 0.2) is 48.8 Å². The summed E-state index contributed by atoms with van der Waals surface area (Å²) < 4.78 is 0. The second-order valence-electron chi connectivity index (χ2n) is 6.36. The molecule has 2 aromatic heterocycles. The molecule has 25 heavy (non-hydrogen) atoms. The van der Waals surface area contributed by atoms with E-state index in [0.717, 1.165) is 41.2 Å². The van der Waals surface area contributed by atoms with Crippen molar-refractivity contribution in [1.82, 2.24) is 20.5 Å². The zero-order chi connectivity index (χ0) is 17.6. The molecule has 3 aromatic rings. The average Bonchev–Trinajstić information content (AvgIpc) is 3.04. The largest absolute Gasteiger partial charge is 0.366 e. The van der Waals surface area contributed by atoms with Gasteiger partial charge in [-0.25, -0.2) is 0 Å². The summed E-state index contributed by atoms with van der Waals surface area (Å²) in [6, 6.07) is 12.9. The van der Waals surface area contributed by atoms with Crippen LogP contribution < -0.4 is 10.6 Å². The Morgan fingerprint density at radius 1 is 1.04 bits per heavy atom. The minimum absolute atomic E-state index is 0.321. The SMILES string of the molecule is CNCCC(C)Nc1n[nH]c(-c2ccc(C)cc2)c1-c1ccncc1. The fourth-order valence-corrected chi connectivity index (χ4v) is 2.84. The first-order chi connectivity index (χ1) is 12.2. The fraction of sp³-hybridized carbons (Fsp3) is 0.300. The van der Waals surface area contributed by atoms with E-state index in [1.807, 2.05) is 31.6 Å². The highest BCUT2D eigenvalue weighted by molar-refractivity contribution is 5.88. The summed E-state index contributed by atoms with van der Waals surface area (Å²) >= 11 is 0. The molecule has 0 saturated heterocycles. The molecule has 3 N–H and O–H groups in total. The quantitative estimate of drug-likeness (QED) is 0.613. The standard InChI is InChI=1S/C20H25N5/c1-14-4-6-17(7-5-14)19-18(16-9-12-22-13-10-16)20(25-24-19)23-15(2)8-11-21-3/h4-7,9-10,12-13,15,21H,8,11H2,1-3H3,(H2,23,24,25). The van der Waals surface area contributed by atoms with E-state index in [-0.39, 0.29) is 0 Å². The minimum Gasteiger partial charge on any atom is -0.366 e. The highest BCUT2D eigenvalue weighted by Gasteiger charge is 2.18. The summed E-state index contributed by atoms with van der Waals surface area (Å²) in [6.07, 6.45) is 4.66. The number of aryl methyl sites for hydroxylation is 1. The monoisotopic (exact) mass is 335 g/mol. The third kappa shape index (κ3) is 4.06. The van der Waals surface area contributed by atoms with Crippen molar-refractivity contribution in [3.63, 3.8) is 0 Å². The van der Waals surface area contributed by atoms with E-state index in [1.165, 1.54) is 5.56 Å². The van der Waals surface area contributed by atoms with Gasteiger partial charge < -0.3 is 10.6 Å². The Kier molecular flexibility index (Phi) is 5.46. The van der Waals surface area contributed by atoms with E-state index < -0.39 is 0 Å². The molecule has 0 fully saturated rings. The number of benzene rings is 1. The summed E-state index contributed by atoms with van der Waals surface area (Å²) in [5.41, 5.74) is 5.58. The molecule has 0 aliphatic carbocycles. The first-order valence-electron chi connectivity index (χ1n) is 8.66. The Morgan fingerprint density at radius 3 is 2.44 bits per heavy atom. The molecule has 0 saturated carbocycles. The highest BCUT2D eigenvalue weighted by atomic mass is 15.2. The molecule has 0 radical (unpaired) electrons. The molecule has 0 aliphatic heterocycles. The van der Waals surface area contributed by atoms with Gasteiger partial charge in [0.2, 0.25) is 0 Å². The number of rotatable bonds is 7. The van der Waals surface area contributed by atoms with Crippen LogP contribution in [0.5, 0.6) is 0 Å². The molecular formula is C20H25N5. The Morgan fingerprint density at radius 2 is 1.76 bits per heavy atom. The fourth-order valence-electron chi connectivity index (χ4n) is 2.84. The van der Waals surface area contributed by atoms with E-state index in [2.05, 4.69) is 63.9 Å². The van der Waals surface area contributed by atoms with Crippen LogP contribution in [-0.4, -0.2) is 34.8 Å². The lowest BCUT2D eigenvalue weighted by Gasteiger charge is -2.15. The van der Waals surface area contributed by atoms with Gasteiger partial charge >= 0.3 is 0 Å². The molecule has 1 unspecified atom stereocenters. The van der Waals surface area contributed by atoms with Gasteiger partial charge in [0.25, 0.3) is 0 Å². The van der Waals surface area contributed by atoms with Gasteiger partial charge in [-0.05, 0) is 51.6 Å². The van der Waals surface area contributed by atoms with E-state index >= 15 is 0 Å². The molecule has 0 spiro atoms. The number of aromatic amines is 1. The second-order valence-corrected chi connectivity index (χ2v) is 6.36. The Balaban J connectivity index is 2.00. The van der Waals surface area contributed by atoms with Gasteiger partial charge in [0.15, 0.2) is 5.82 Å². The zero-order valence-electron chi connectivity index (χ0n) is 15.0. The van der Waals surface area contributed by atoms with Crippen LogP contribution in [0.2, 0.25) is 0 Å². The van der Waals surface area contributed by atoms with Crippen LogP contribution in [0.4, 0.5) is 5.82 Å². The lowest BCUT2D eigenvalue weighted by atomic mass is 10.0. The van der Waals surface area contributed by atoms with Gasteiger partial charge in [-0.2, -0.15) is 5.10 Å². The van der Waals surface area contributed by atoms with E-state index in [0.29, 0.717) is 6.04 Å². The third-order valence-corrected chi connectivity index (χ3v) is 4.29. The maximum atomic E-state index is 4.56. The average molecular weight is 335 g/mol. The molecule has 0 amide bonds. The van der Waals surface area contributed by atoms with Crippen LogP contribution in [0.25, 0.3) is 22.4 Å². The smallest absolute Gasteiger partial charge is 0.156 e. The molecule has 5 nitrogen and oxygen atoms in total. The third-order valence-electron chi connectivity index (χ3n) is 4.29. The maximum absolute atomic E-state index is 4.56. The predicted octanol–water partition coefficient (Wildman–Crippen LogP) is 3.86. The molecular weight excluding hydrogens is 310 g/mol. The van der Waals surface area contributed by atoms with Crippen molar-refractivity contribution in [2.45, 2.75) is 26.3 Å². The summed E-state index contributed by atoms with van der Waals surface area (Å²) in [5.74, 6) is 0.880. The number of hydrogen-bond donors (Lipinski definition) is 3. The normalized spacial score (nSPS) is 12.1. The van der Waals surface area contributed by atoms with Crippen molar-refractivity contribution in [1.29, 1.82) is 0 Å². The number of nitrogens with one attached hydrogen (secondary N) is 3. The molecule has 1 aromatic carbocycles. The van der Waals surface area contributed by atoms with E-state index in [4.69, 9.17) is 0 Å². The molecule has 3 rings (SSSR count). The topological polar surface area (TPSA) is 65.6 Å². The van der Waals surface area contributed by atoms with Crippen LogP contribution >= 0.6 is 0 Å². The van der Waals surface area contributed by atoms with Gasteiger partial charge in [0.05, 0.1) is 11.3 Å². The van der Waals surface area contributed by atoms with Crippen LogP contribution in [0.3, 0.4) is 0 Å². The first-order valence-corrected chi connectivity index (χ1v) is 8.66. The number of hydrogen-bond acceptors (Lipinski definition) is 4. The minimum atomic E-state index is 0.321. The summed E-state index contributed by atoms with van der Waals surface area (Å²) in [4.78, 5) is 4.14. The Labute approximate surface area is 148 Å². The first kappa shape index (κ1) is 17.2. The van der Waals surface area contributed by atoms with E-state index in [9.17, 15) is 0 Å². The van der Waals surface area contributed by atoms with Crippen molar-refractivity contribution < 1.29 is 0 Å². The van der Waals surface area contributed by atoms with Crippen molar-refractivity contribution in [2.75, 3.05) is 18.9 Å². The molecule has 5 heteroatoms. The van der Waals surface area contributed by atoms with Crippen molar-refractivity contribution in [3.05, 3.63) is 54.4 Å². The Bertz CT molecular complexity index is 793.